The Labute approximate surface area is 251 Å². The Morgan fingerprint density at radius 2 is 1.14 bits per heavy atom. The average molecular weight is 628 g/mol. The summed E-state index contributed by atoms with van der Waals surface area (Å²) in [6.45, 7) is 0.680. The molecule has 3 heterocycles. The van der Waals surface area contributed by atoms with Crippen LogP contribution in [0.3, 0.4) is 0 Å². The largest absolute Gasteiger partial charge is 0.394 e. The third kappa shape index (κ3) is 9.22. The van der Waals surface area contributed by atoms with Crippen molar-refractivity contribution in [3.8, 4) is 0 Å². The average Bonchev–Trinajstić information content (AvgIpc) is 3.00. The first-order chi connectivity index (χ1) is 20.6. The maximum atomic E-state index is 11.5. The summed E-state index contributed by atoms with van der Waals surface area (Å²) in [7, 11) is 0. The van der Waals surface area contributed by atoms with Crippen LogP contribution in [0.25, 0.3) is 0 Å². The molecule has 3 rings (SSSR count). The number of aliphatic hydroxyl groups excluding tert-OH is 8. The highest BCUT2D eigenvalue weighted by Gasteiger charge is 2.53. The molecule has 0 radical (unpaired) electrons. The molecule has 0 aliphatic carbocycles. The third-order valence-electron chi connectivity index (χ3n) is 8.45. The van der Waals surface area contributed by atoms with E-state index in [2.05, 4.69) is 12.2 Å². The van der Waals surface area contributed by atoms with Crippen molar-refractivity contribution in [2.45, 2.75) is 144 Å². The molecule has 254 valence electrons. The minimum absolute atomic E-state index is 0.442. The van der Waals surface area contributed by atoms with E-state index in [1.165, 1.54) is 12.8 Å². The molecule has 0 aromatic rings. The van der Waals surface area contributed by atoms with Gasteiger partial charge in [-0.1, -0.05) is 45.4 Å². The maximum Gasteiger partial charge on any atom is 0.176 e. The van der Waals surface area contributed by atoms with E-state index in [0.29, 0.717) is 6.54 Å². The third-order valence-corrected chi connectivity index (χ3v) is 8.45. The Morgan fingerprint density at radius 1 is 0.605 bits per heavy atom. The van der Waals surface area contributed by atoms with Gasteiger partial charge in [-0.15, -0.1) is 0 Å². The van der Waals surface area contributed by atoms with Crippen LogP contribution in [0.5, 0.6) is 0 Å². The van der Waals surface area contributed by atoms with Gasteiger partial charge in [-0.3, -0.25) is 0 Å². The van der Waals surface area contributed by atoms with Crippen molar-refractivity contribution in [1.82, 2.24) is 5.32 Å². The van der Waals surface area contributed by atoms with E-state index in [-0.39, 0.29) is 0 Å². The monoisotopic (exact) mass is 627 g/mol. The normalized spacial score (nSPS) is 44.0. The first kappa shape index (κ1) is 36.8. The molecule has 2 unspecified atom stereocenters. The van der Waals surface area contributed by atoms with Crippen molar-refractivity contribution in [2.24, 2.45) is 11.5 Å². The fourth-order valence-electron chi connectivity index (χ4n) is 5.72. The molecule has 13 N–H and O–H groups in total. The van der Waals surface area contributed by atoms with Gasteiger partial charge < -0.3 is 81.3 Å². The molecule has 3 aliphatic rings. The van der Waals surface area contributed by atoms with Crippen molar-refractivity contribution < 1.29 is 64.5 Å². The van der Waals surface area contributed by atoms with Crippen molar-refractivity contribution in [3.05, 3.63) is 0 Å². The van der Waals surface area contributed by atoms with E-state index in [0.717, 1.165) is 32.1 Å². The summed E-state index contributed by atoms with van der Waals surface area (Å²) in [5, 5.41) is 85.5. The molecular weight excluding hydrogens is 574 g/mol. The Morgan fingerprint density at radius 3 is 1.77 bits per heavy atom. The van der Waals surface area contributed by atoms with E-state index in [4.69, 9.17) is 35.2 Å². The molecule has 15 atom stereocenters. The fraction of sp³-hybridized carbons (Fsp3) is 1.00. The minimum atomic E-state index is -1.55. The molecule has 43 heavy (non-hydrogen) atoms. The molecule has 0 spiro atoms. The Hall–Kier alpha value is -0.640. The Bertz CT molecular complexity index is 786. The SMILES string of the molecule is CCCCCCCCCN[C@H]1[C@H](OC2[C@@H](CO)O[C@@H](O)[C@H](N)[C@H]2O)O[C@H](CO)C(O[C@@H]2O[C@H](CO)[C@@H](O)[C@H](O)[C@H]2N)[C@@H]1O. The van der Waals surface area contributed by atoms with Gasteiger partial charge in [0, 0.05) is 0 Å². The molecule has 16 heteroatoms. The van der Waals surface area contributed by atoms with Crippen LogP contribution in [0.2, 0.25) is 0 Å². The first-order valence-corrected chi connectivity index (χ1v) is 15.3. The van der Waals surface area contributed by atoms with Crippen LogP contribution >= 0.6 is 0 Å². The summed E-state index contributed by atoms with van der Waals surface area (Å²) in [6.07, 6.45) is -8.89. The molecule has 3 fully saturated rings. The Balaban J connectivity index is 1.76. The van der Waals surface area contributed by atoms with Crippen LogP contribution in [-0.2, 0) is 23.7 Å². The highest BCUT2D eigenvalue weighted by atomic mass is 16.7. The second kappa shape index (κ2) is 17.9. The van der Waals surface area contributed by atoms with Gasteiger partial charge >= 0.3 is 0 Å². The number of hydrogen-bond acceptors (Lipinski definition) is 16. The van der Waals surface area contributed by atoms with E-state index in [9.17, 15) is 40.9 Å². The Kier molecular flexibility index (Phi) is 15.3. The lowest BCUT2D eigenvalue weighted by atomic mass is 9.94. The molecule has 0 saturated carbocycles. The fourth-order valence-corrected chi connectivity index (χ4v) is 5.72. The summed E-state index contributed by atoms with van der Waals surface area (Å²) in [5.74, 6) is 0. The maximum absolute atomic E-state index is 11.5. The van der Waals surface area contributed by atoms with E-state index in [1.54, 1.807) is 0 Å². The van der Waals surface area contributed by atoms with Crippen LogP contribution in [-0.4, -0.2) is 159 Å². The van der Waals surface area contributed by atoms with Crippen LogP contribution in [0.4, 0.5) is 0 Å². The summed E-state index contributed by atoms with van der Waals surface area (Å²) in [5.41, 5.74) is 11.9. The second-order valence-electron chi connectivity index (χ2n) is 11.6. The van der Waals surface area contributed by atoms with Crippen molar-refractivity contribution in [2.75, 3.05) is 26.4 Å². The second-order valence-corrected chi connectivity index (χ2v) is 11.6. The molecular formula is C27H53N3O13. The van der Waals surface area contributed by atoms with Crippen LogP contribution in [0.1, 0.15) is 51.9 Å². The molecule has 3 aliphatic heterocycles. The van der Waals surface area contributed by atoms with E-state index in [1.807, 2.05) is 0 Å². The predicted octanol–water partition coefficient (Wildman–Crippen LogP) is -4.29. The lowest BCUT2D eigenvalue weighted by molar-refractivity contribution is -0.350. The van der Waals surface area contributed by atoms with Gasteiger partial charge in [0.05, 0.1) is 37.9 Å². The molecule has 16 nitrogen and oxygen atoms in total. The van der Waals surface area contributed by atoms with Gasteiger partial charge in [0.15, 0.2) is 18.9 Å². The minimum Gasteiger partial charge on any atom is -0.394 e. The van der Waals surface area contributed by atoms with E-state index >= 15 is 0 Å². The van der Waals surface area contributed by atoms with Gasteiger partial charge in [0.2, 0.25) is 0 Å². The summed E-state index contributed by atoms with van der Waals surface area (Å²) < 4.78 is 28.8. The van der Waals surface area contributed by atoms with Crippen LogP contribution in [0, 0.1) is 0 Å². The van der Waals surface area contributed by atoms with Gasteiger partial charge in [-0.2, -0.15) is 0 Å². The molecule has 0 aromatic carbocycles. The van der Waals surface area contributed by atoms with Crippen LogP contribution < -0.4 is 16.8 Å². The number of aliphatic hydroxyl groups is 8. The zero-order valence-corrected chi connectivity index (χ0v) is 24.7. The smallest absolute Gasteiger partial charge is 0.176 e. The predicted molar refractivity (Wildman–Crippen MR) is 149 cm³/mol. The number of hydrogen-bond donors (Lipinski definition) is 11. The van der Waals surface area contributed by atoms with Crippen LogP contribution in [0.15, 0.2) is 0 Å². The lowest BCUT2D eigenvalue weighted by Gasteiger charge is -2.49. The van der Waals surface area contributed by atoms with Crippen molar-refractivity contribution in [1.29, 1.82) is 0 Å². The molecule has 0 aromatic heterocycles. The highest BCUT2D eigenvalue weighted by molar-refractivity contribution is 4.99. The van der Waals surface area contributed by atoms with Gasteiger partial charge in [-0.05, 0) is 13.0 Å². The van der Waals surface area contributed by atoms with Gasteiger partial charge in [-0.25, -0.2) is 0 Å². The number of nitrogens with one attached hydrogen (secondary N) is 1. The summed E-state index contributed by atoms with van der Waals surface area (Å²) in [6, 6.07) is -3.52. The van der Waals surface area contributed by atoms with Gasteiger partial charge in [0.25, 0.3) is 0 Å². The van der Waals surface area contributed by atoms with Crippen molar-refractivity contribution in [3.63, 3.8) is 0 Å². The first-order valence-electron chi connectivity index (χ1n) is 15.3. The molecule has 0 amide bonds. The molecule has 0 bridgehead atoms. The zero-order valence-electron chi connectivity index (χ0n) is 24.7. The topological polar surface area (TPSA) is 272 Å². The number of ether oxygens (including phenoxy) is 5. The molecule has 3 saturated heterocycles. The highest BCUT2D eigenvalue weighted by Crippen LogP contribution is 2.31. The zero-order chi connectivity index (χ0) is 31.7. The number of unbranched alkanes of at least 4 members (excludes halogenated alkanes) is 6. The lowest BCUT2D eigenvalue weighted by Crippen LogP contribution is -2.70. The van der Waals surface area contributed by atoms with E-state index < -0.39 is 112 Å². The standard InChI is InChI=1S/C27H53N3O13/c1-2-3-4-5-6-7-8-9-30-18-22(37)24(42-26-17(29)20(35)19(34)13(10-31)40-26)15(12-33)41-27(18)43-23-14(11-32)39-25(38)16(28)21(23)36/h13-27,30-38H,2-12,28-29H2,1H3/t13-,14-,15-,16-,17-,18-,19-,20-,21-,22-,23?,24?,25-,26+,27+/m1/s1. The quantitative estimate of drug-likeness (QED) is 0.0722. The van der Waals surface area contributed by atoms with Crippen molar-refractivity contribution >= 4 is 0 Å². The summed E-state index contributed by atoms with van der Waals surface area (Å²) >= 11 is 0. The van der Waals surface area contributed by atoms with Gasteiger partial charge in [0.1, 0.15) is 54.9 Å². The summed E-state index contributed by atoms with van der Waals surface area (Å²) in [4.78, 5) is 0. The number of nitrogens with two attached hydrogens (primary N) is 2. The number of rotatable bonds is 16.